The van der Waals surface area contributed by atoms with Gasteiger partial charge in [0.25, 0.3) is 0 Å². The zero-order valence-corrected chi connectivity index (χ0v) is 9.39. The summed E-state index contributed by atoms with van der Waals surface area (Å²) in [5.41, 5.74) is 0.0212. The minimum Gasteiger partial charge on any atom is -0.406 e. The summed E-state index contributed by atoms with van der Waals surface area (Å²) in [6.07, 6.45) is -2.06. The fourth-order valence-electron chi connectivity index (χ4n) is 1.38. The molecule has 4 nitrogen and oxygen atoms in total. The first kappa shape index (κ1) is 13.0. The number of ether oxygens (including phenoxy) is 1. The minimum atomic E-state index is -4.80. The first-order chi connectivity index (χ1) is 8.96. The van der Waals surface area contributed by atoms with Crippen molar-refractivity contribution in [2.24, 2.45) is 0 Å². The van der Waals surface area contributed by atoms with Gasteiger partial charge in [0.05, 0.1) is 0 Å². The van der Waals surface area contributed by atoms with Crippen LogP contribution in [-0.4, -0.2) is 22.1 Å². The molecule has 0 fully saturated rings. The van der Waals surface area contributed by atoms with Gasteiger partial charge >= 0.3 is 6.36 Å². The molecule has 0 spiro atoms. The number of aromatic nitrogens is 2. The number of nitrogens with zero attached hydrogens (tertiary/aromatic N) is 2. The van der Waals surface area contributed by atoms with E-state index < -0.39 is 17.9 Å². The van der Waals surface area contributed by atoms with Gasteiger partial charge in [-0.3, -0.25) is 4.79 Å². The van der Waals surface area contributed by atoms with Crippen LogP contribution in [0.1, 0.15) is 16.2 Å². The fourth-order valence-corrected chi connectivity index (χ4v) is 1.38. The van der Waals surface area contributed by atoms with E-state index in [0.717, 1.165) is 12.1 Å². The summed E-state index contributed by atoms with van der Waals surface area (Å²) in [5.74, 6) is -1.13. The molecule has 2 rings (SSSR count). The van der Waals surface area contributed by atoms with E-state index in [-0.39, 0.29) is 11.4 Å². The summed E-state index contributed by atoms with van der Waals surface area (Å²) in [6.45, 7) is 0. The molecule has 2 aromatic rings. The molecule has 98 valence electrons. The van der Waals surface area contributed by atoms with Crippen LogP contribution in [0.25, 0.3) is 0 Å². The van der Waals surface area contributed by atoms with E-state index in [2.05, 4.69) is 14.7 Å². The van der Waals surface area contributed by atoms with Crippen molar-refractivity contribution >= 4 is 5.78 Å². The van der Waals surface area contributed by atoms with E-state index in [1.807, 2.05) is 0 Å². The lowest BCUT2D eigenvalue weighted by molar-refractivity contribution is -0.274. The predicted molar refractivity (Wildman–Crippen MR) is 58.6 cm³/mol. The second kappa shape index (κ2) is 5.05. The van der Waals surface area contributed by atoms with E-state index in [0.29, 0.717) is 0 Å². The maximum absolute atomic E-state index is 12.1. The molecule has 0 unspecified atom stereocenters. The van der Waals surface area contributed by atoms with Gasteiger partial charge in [0.15, 0.2) is 0 Å². The van der Waals surface area contributed by atoms with Crippen molar-refractivity contribution in [2.75, 3.05) is 0 Å². The van der Waals surface area contributed by atoms with Crippen molar-refractivity contribution in [3.8, 4) is 5.75 Å². The second-order valence-corrected chi connectivity index (χ2v) is 3.48. The van der Waals surface area contributed by atoms with Crippen molar-refractivity contribution in [3.63, 3.8) is 0 Å². The molecular formula is C12H7F3N2O2. The number of carbonyl (C=O) groups excluding carboxylic acids is 1. The van der Waals surface area contributed by atoms with Gasteiger partial charge in [-0.25, -0.2) is 9.97 Å². The first-order valence-corrected chi connectivity index (χ1v) is 5.13. The van der Waals surface area contributed by atoms with E-state index in [9.17, 15) is 18.0 Å². The molecule has 1 aromatic carbocycles. The lowest BCUT2D eigenvalue weighted by atomic mass is 10.1. The molecule has 19 heavy (non-hydrogen) atoms. The third-order valence-corrected chi connectivity index (χ3v) is 2.10. The lowest BCUT2D eigenvalue weighted by Gasteiger charge is -2.09. The zero-order chi connectivity index (χ0) is 13.9. The van der Waals surface area contributed by atoms with Gasteiger partial charge in [-0.2, -0.15) is 0 Å². The summed E-state index contributed by atoms with van der Waals surface area (Å²) in [6, 6.07) is 6.28. The molecule has 1 heterocycles. The van der Waals surface area contributed by atoms with Crippen molar-refractivity contribution in [1.29, 1.82) is 0 Å². The average molecular weight is 268 g/mol. The predicted octanol–water partition coefficient (Wildman–Crippen LogP) is 2.61. The zero-order valence-electron chi connectivity index (χ0n) is 9.39. The third-order valence-electron chi connectivity index (χ3n) is 2.10. The minimum absolute atomic E-state index is 0.0212. The van der Waals surface area contributed by atoms with Crippen LogP contribution in [0.4, 0.5) is 13.2 Å². The Morgan fingerprint density at radius 1 is 1.11 bits per heavy atom. The number of rotatable bonds is 3. The normalized spacial score (nSPS) is 11.1. The third kappa shape index (κ3) is 3.51. The van der Waals surface area contributed by atoms with Crippen molar-refractivity contribution in [3.05, 3.63) is 54.1 Å². The molecule has 7 heteroatoms. The molecule has 0 aliphatic carbocycles. The van der Waals surface area contributed by atoms with Crippen LogP contribution in [0, 0.1) is 0 Å². The summed E-state index contributed by atoms with van der Waals surface area (Å²) in [5, 5.41) is 0. The summed E-state index contributed by atoms with van der Waals surface area (Å²) < 4.78 is 39.9. The summed E-state index contributed by atoms with van der Waals surface area (Å²) in [7, 11) is 0. The highest BCUT2D eigenvalue weighted by Gasteiger charge is 2.31. The average Bonchev–Trinajstić information content (AvgIpc) is 2.37. The van der Waals surface area contributed by atoms with Gasteiger partial charge in [-0.1, -0.05) is 12.1 Å². The van der Waals surface area contributed by atoms with Gasteiger partial charge in [0, 0.05) is 18.0 Å². The van der Waals surface area contributed by atoms with Gasteiger partial charge < -0.3 is 4.74 Å². The number of halogens is 3. The van der Waals surface area contributed by atoms with Crippen molar-refractivity contribution in [2.45, 2.75) is 6.36 Å². The Bertz CT molecular complexity index is 585. The van der Waals surface area contributed by atoms with Crippen molar-refractivity contribution in [1.82, 2.24) is 9.97 Å². The van der Waals surface area contributed by atoms with Crippen LogP contribution in [0.15, 0.2) is 42.7 Å². The molecule has 0 aliphatic heterocycles. The largest absolute Gasteiger partial charge is 0.573 e. The molecule has 0 saturated heterocycles. The standard InChI is InChI=1S/C12H7F3N2O2/c13-12(14,15)19-9-4-1-3-8(7-9)10(18)11-16-5-2-6-17-11/h1-7H. The van der Waals surface area contributed by atoms with Crippen molar-refractivity contribution < 1.29 is 22.7 Å². The number of alkyl halides is 3. The molecular weight excluding hydrogens is 261 g/mol. The molecule has 1 aromatic heterocycles. The summed E-state index contributed by atoms with van der Waals surface area (Å²) in [4.78, 5) is 19.4. The smallest absolute Gasteiger partial charge is 0.406 e. The highest BCUT2D eigenvalue weighted by molar-refractivity contribution is 6.06. The lowest BCUT2D eigenvalue weighted by Crippen LogP contribution is -2.17. The van der Waals surface area contributed by atoms with E-state index in [1.54, 1.807) is 0 Å². The number of hydrogen-bond acceptors (Lipinski definition) is 4. The Labute approximate surface area is 105 Å². The number of carbonyl (C=O) groups is 1. The van der Waals surface area contributed by atoms with Gasteiger partial charge in [0.1, 0.15) is 5.75 Å². The number of benzene rings is 1. The maximum Gasteiger partial charge on any atom is 0.573 e. The monoisotopic (exact) mass is 268 g/mol. The maximum atomic E-state index is 12.1. The Hall–Kier alpha value is -2.44. The Morgan fingerprint density at radius 3 is 2.42 bits per heavy atom. The van der Waals surface area contributed by atoms with Crippen LogP contribution in [-0.2, 0) is 0 Å². The Balaban J connectivity index is 2.27. The quantitative estimate of drug-likeness (QED) is 0.803. The highest BCUT2D eigenvalue weighted by Crippen LogP contribution is 2.23. The summed E-state index contributed by atoms with van der Waals surface area (Å²) >= 11 is 0. The van der Waals surface area contributed by atoms with Gasteiger partial charge in [-0.05, 0) is 18.2 Å². The van der Waals surface area contributed by atoms with Crippen LogP contribution in [0.3, 0.4) is 0 Å². The first-order valence-electron chi connectivity index (χ1n) is 5.13. The second-order valence-electron chi connectivity index (χ2n) is 3.48. The molecule has 0 amide bonds. The topological polar surface area (TPSA) is 52.1 Å². The van der Waals surface area contributed by atoms with Crippen LogP contribution >= 0.6 is 0 Å². The number of ketones is 1. The van der Waals surface area contributed by atoms with Crippen LogP contribution in [0.5, 0.6) is 5.75 Å². The van der Waals surface area contributed by atoms with E-state index >= 15 is 0 Å². The molecule has 0 saturated carbocycles. The Morgan fingerprint density at radius 2 is 1.79 bits per heavy atom. The highest BCUT2D eigenvalue weighted by atomic mass is 19.4. The van der Waals surface area contributed by atoms with E-state index in [4.69, 9.17) is 0 Å². The molecule has 0 radical (unpaired) electrons. The molecule has 0 bridgehead atoms. The SMILES string of the molecule is O=C(c1cccc(OC(F)(F)F)c1)c1ncccn1. The van der Waals surface area contributed by atoms with Gasteiger partial charge in [-0.15, -0.1) is 13.2 Å². The molecule has 0 atom stereocenters. The van der Waals surface area contributed by atoms with E-state index in [1.165, 1.54) is 30.6 Å². The molecule has 0 N–H and O–H groups in total. The van der Waals surface area contributed by atoms with Crippen LogP contribution in [0.2, 0.25) is 0 Å². The Kier molecular flexibility index (Phi) is 3.46. The van der Waals surface area contributed by atoms with Crippen LogP contribution < -0.4 is 4.74 Å². The van der Waals surface area contributed by atoms with Gasteiger partial charge in [0.2, 0.25) is 11.6 Å². The number of hydrogen-bond donors (Lipinski definition) is 0. The fraction of sp³-hybridized carbons (Fsp3) is 0.0833. The molecule has 0 aliphatic rings.